The van der Waals surface area contributed by atoms with Crippen molar-refractivity contribution in [1.82, 2.24) is 5.32 Å². The van der Waals surface area contributed by atoms with Crippen LogP contribution in [0.25, 0.3) is 0 Å². The molecule has 0 aliphatic rings. The quantitative estimate of drug-likeness (QED) is 0.755. The third kappa shape index (κ3) is 5.52. The van der Waals surface area contributed by atoms with Crippen LogP contribution >= 0.6 is 23.2 Å². The summed E-state index contributed by atoms with van der Waals surface area (Å²) < 4.78 is 63.6. The van der Waals surface area contributed by atoms with Gasteiger partial charge >= 0.3 is 6.18 Å². The summed E-state index contributed by atoms with van der Waals surface area (Å²) >= 11 is 11.6. The van der Waals surface area contributed by atoms with Crippen LogP contribution in [0.15, 0.2) is 47.4 Å². The smallest absolute Gasteiger partial charge is 0.343 e. The molecule has 2 rings (SSSR count). The van der Waals surface area contributed by atoms with E-state index in [9.17, 15) is 26.4 Å². The van der Waals surface area contributed by atoms with E-state index in [4.69, 9.17) is 23.2 Å². The van der Waals surface area contributed by atoms with E-state index < -0.39 is 28.7 Å². The third-order valence-corrected chi connectivity index (χ3v) is 4.94. The van der Waals surface area contributed by atoms with Crippen LogP contribution in [0, 0.1) is 0 Å². The molecule has 26 heavy (non-hydrogen) atoms. The van der Waals surface area contributed by atoms with Gasteiger partial charge in [-0.2, -0.15) is 13.2 Å². The number of amides is 1. The molecular weight excluding hydrogens is 416 g/mol. The van der Waals surface area contributed by atoms with E-state index in [1.165, 1.54) is 36.4 Å². The molecule has 0 atom stereocenters. The fourth-order valence-electron chi connectivity index (χ4n) is 1.86. The number of hydrogen-bond acceptors (Lipinski definition) is 3. The lowest BCUT2D eigenvalue weighted by atomic mass is 10.2. The molecular formula is C15H11Cl2F3N2O3S. The van der Waals surface area contributed by atoms with Gasteiger partial charge in [0.15, 0.2) is 0 Å². The second kappa shape index (κ2) is 7.73. The Balaban J connectivity index is 2.23. The van der Waals surface area contributed by atoms with Crippen LogP contribution in [0.3, 0.4) is 0 Å². The van der Waals surface area contributed by atoms with Crippen LogP contribution in [0.5, 0.6) is 0 Å². The van der Waals surface area contributed by atoms with Gasteiger partial charge in [-0.25, -0.2) is 8.42 Å². The number of alkyl halides is 3. The fourth-order valence-corrected chi connectivity index (χ4v) is 3.50. The first-order chi connectivity index (χ1) is 12.0. The molecule has 0 saturated carbocycles. The van der Waals surface area contributed by atoms with E-state index in [1.807, 2.05) is 0 Å². The lowest BCUT2D eigenvalue weighted by Crippen LogP contribution is -2.33. The monoisotopic (exact) mass is 426 g/mol. The van der Waals surface area contributed by atoms with Gasteiger partial charge in [0.25, 0.3) is 15.9 Å². The van der Waals surface area contributed by atoms with E-state index in [-0.39, 0.29) is 21.2 Å². The lowest BCUT2D eigenvalue weighted by Gasteiger charge is -2.12. The second-order valence-corrected chi connectivity index (χ2v) is 7.58. The Kier molecular flexibility index (Phi) is 6.05. The maximum atomic E-state index is 12.4. The van der Waals surface area contributed by atoms with Gasteiger partial charge < -0.3 is 5.32 Å². The summed E-state index contributed by atoms with van der Waals surface area (Å²) in [5, 5.41) is 2.03. The average Bonchev–Trinajstić information content (AvgIpc) is 2.54. The number of rotatable bonds is 5. The highest BCUT2D eigenvalue weighted by Gasteiger charge is 2.28. The van der Waals surface area contributed by atoms with Gasteiger partial charge in [0.2, 0.25) is 0 Å². The molecule has 2 aromatic rings. The standard InChI is InChI=1S/C15H11Cl2F3N2O3S/c16-10-4-5-13(12(17)7-10)22-26(24,25)11-3-1-2-9(6-11)14(23)21-8-15(18,19)20/h1-7,22H,8H2,(H,21,23). The minimum Gasteiger partial charge on any atom is -0.343 e. The molecule has 11 heteroatoms. The summed E-state index contributed by atoms with van der Waals surface area (Å²) in [5.41, 5.74) is -0.178. The summed E-state index contributed by atoms with van der Waals surface area (Å²) in [6.45, 7) is -1.53. The Hall–Kier alpha value is -1.97. The van der Waals surface area contributed by atoms with E-state index in [1.54, 1.807) is 5.32 Å². The van der Waals surface area contributed by atoms with Crippen LogP contribution in [-0.4, -0.2) is 27.0 Å². The number of anilines is 1. The molecule has 0 aromatic heterocycles. The van der Waals surface area contributed by atoms with Crippen molar-refractivity contribution in [3.8, 4) is 0 Å². The van der Waals surface area contributed by atoms with Crippen molar-refractivity contribution in [3.63, 3.8) is 0 Å². The minimum atomic E-state index is -4.58. The SMILES string of the molecule is O=C(NCC(F)(F)F)c1cccc(S(=O)(=O)Nc2ccc(Cl)cc2Cl)c1. The number of nitrogens with one attached hydrogen (secondary N) is 2. The molecule has 0 bridgehead atoms. The van der Waals surface area contributed by atoms with E-state index in [0.29, 0.717) is 5.02 Å². The maximum Gasteiger partial charge on any atom is 0.405 e. The molecule has 140 valence electrons. The summed E-state index contributed by atoms with van der Waals surface area (Å²) in [6, 6.07) is 8.68. The van der Waals surface area contributed by atoms with Crippen LogP contribution in [-0.2, 0) is 10.0 Å². The van der Waals surface area contributed by atoms with Crippen molar-refractivity contribution >= 4 is 44.8 Å². The Morgan fingerprint density at radius 3 is 2.38 bits per heavy atom. The number of carbonyl (C=O) groups is 1. The van der Waals surface area contributed by atoms with Gasteiger partial charge in [0.05, 0.1) is 15.6 Å². The molecule has 0 unspecified atom stereocenters. The molecule has 0 heterocycles. The number of halogens is 5. The minimum absolute atomic E-state index is 0.0557. The van der Waals surface area contributed by atoms with Crippen LogP contribution < -0.4 is 10.0 Å². The Labute approximate surface area is 157 Å². The van der Waals surface area contributed by atoms with E-state index >= 15 is 0 Å². The zero-order valence-electron chi connectivity index (χ0n) is 12.8. The van der Waals surface area contributed by atoms with Gasteiger partial charge in [0, 0.05) is 10.6 Å². The molecule has 0 aliphatic carbocycles. The predicted octanol–water partition coefficient (Wildman–Crippen LogP) is 4.09. The highest BCUT2D eigenvalue weighted by atomic mass is 35.5. The van der Waals surface area contributed by atoms with Crippen molar-refractivity contribution in [2.75, 3.05) is 11.3 Å². The van der Waals surface area contributed by atoms with Crippen molar-refractivity contribution in [3.05, 3.63) is 58.1 Å². The van der Waals surface area contributed by atoms with Gasteiger partial charge in [-0.1, -0.05) is 29.3 Å². The molecule has 0 radical (unpaired) electrons. The van der Waals surface area contributed by atoms with Gasteiger partial charge in [-0.3, -0.25) is 9.52 Å². The highest BCUT2D eigenvalue weighted by molar-refractivity contribution is 7.92. The van der Waals surface area contributed by atoms with Gasteiger partial charge in [-0.15, -0.1) is 0 Å². The van der Waals surface area contributed by atoms with Crippen molar-refractivity contribution < 1.29 is 26.4 Å². The fraction of sp³-hybridized carbons (Fsp3) is 0.133. The topological polar surface area (TPSA) is 75.3 Å². The Morgan fingerprint density at radius 1 is 1.08 bits per heavy atom. The first kappa shape index (κ1) is 20.3. The maximum absolute atomic E-state index is 12.4. The third-order valence-electron chi connectivity index (χ3n) is 3.03. The first-order valence-electron chi connectivity index (χ1n) is 6.91. The van der Waals surface area contributed by atoms with Crippen molar-refractivity contribution in [2.24, 2.45) is 0 Å². The van der Waals surface area contributed by atoms with Crippen molar-refractivity contribution in [2.45, 2.75) is 11.1 Å². The van der Waals surface area contributed by atoms with Crippen LogP contribution in [0.4, 0.5) is 18.9 Å². The molecule has 2 aromatic carbocycles. The van der Waals surface area contributed by atoms with Crippen molar-refractivity contribution in [1.29, 1.82) is 0 Å². The predicted molar refractivity (Wildman–Crippen MR) is 92.1 cm³/mol. The average molecular weight is 427 g/mol. The first-order valence-corrected chi connectivity index (χ1v) is 9.15. The molecule has 2 N–H and O–H groups in total. The second-order valence-electron chi connectivity index (χ2n) is 5.06. The van der Waals surface area contributed by atoms with Gasteiger partial charge in [0.1, 0.15) is 6.54 Å². The normalized spacial score (nSPS) is 11.9. The highest BCUT2D eigenvalue weighted by Crippen LogP contribution is 2.27. The Morgan fingerprint density at radius 2 is 1.77 bits per heavy atom. The lowest BCUT2D eigenvalue weighted by molar-refractivity contribution is -0.123. The largest absolute Gasteiger partial charge is 0.405 e. The van der Waals surface area contributed by atoms with E-state index in [0.717, 1.165) is 6.07 Å². The molecule has 0 spiro atoms. The number of sulfonamides is 1. The molecule has 1 amide bonds. The number of hydrogen-bond donors (Lipinski definition) is 2. The summed E-state index contributed by atoms with van der Waals surface area (Å²) in [7, 11) is -4.13. The van der Waals surface area contributed by atoms with Crippen LogP contribution in [0.2, 0.25) is 10.0 Å². The summed E-state index contributed by atoms with van der Waals surface area (Å²) in [5.74, 6) is -1.05. The van der Waals surface area contributed by atoms with Gasteiger partial charge in [-0.05, 0) is 36.4 Å². The number of carbonyl (C=O) groups excluding carboxylic acids is 1. The summed E-state index contributed by atoms with van der Waals surface area (Å²) in [6.07, 6.45) is -4.58. The zero-order chi connectivity index (χ0) is 19.5. The zero-order valence-corrected chi connectivity index (χ0v) is 15.1. The Bertz CT molecular complexity index is 934. The molecule has 0 aliphatic heterocycles. The molecule has 0 saturated heterocycles. The molecule has 5 nitrogen and oxygen atoms in total. The molecule has 0 fully saturated rings. The van der Waals surface area contributed by atoms with E-state index in [2.05, 4.69) is 4.72 Å². The number of benzene rings is 2. The van der Waals surface area contributed by atoms with Crippen LogP contribution in [0.1, 0.15) is 10.4 Å². The summed E-state index contributed by atoms with van der Waals surface area (Å²) in [4.78, 5) is 11.4.